The molecule has 0 spiro atoms. The number of benzene rings is 2. The lowest BCUT2D eigenvalue weighted by atomic mass is 9.96. The lowest BCUT2D eigenvalue weighted by Gasteiger charge is -2.35. The Morgan fingerprint density at radius 1 is 1.00 bits per heavy atom. The Balaban J connectivity index is 1.62. The molecular formula is C28H31N5O. The van der Waals surface area contributed by atoms with E-state index >= 15 is 0 Å². The second-order valence-electron chi connectivity index (χ2n) is 8.81. The summed E-state index contributed by atoms with van der Waals surface area (Å²) in [4.78, 5) is 26.9. The van der Waals surface area contributed by atoms with Crippen molar-refractivity contribution in [3.05, 3.63) is 73.2 Å². The van der Waals surface area contributed by atoms with Crippen LogP contribution in [0.15, 0.2) is 73.2 Å². The van der Waals surface area contributed by atoms with Crippen molar-refractivity contribution in [3.8, 4) is 16.8 Å². The molecule has 1 amide bonds. The van der Waals surface area contributed by atoms with Crippen LogP contribution in [0.1, 0.15) is 26.7 Å². The first kappa shape index (κ1) is 22.1. The van der Waals surface area contributed by atoms with E-state index < -0.39 is 0 Å². The van der Waals surface area contributed by atoms with Crippen molar-refractivity contribution < 1.29 is 4.79 Å². The van der Waals surface area contributed by atoms with Crippen molar-refractivity contribution in [1.29, 1.82) is 0 Å². The molecule has 0 unspecified atom stereocenters. The monoisotopic (exact) mass is 453 g/mol. The van der Waals surface area contributed by atoms with Crippen LogP contribution in [0.3, 0.4) is 0 Å². The van der Waals surface area contributed by atoms with Gasteiger partial charge in [-0.15, -0.1) is 0 Å². The maximum absolute atomic E-state index is 13.1. The molecule has 0 N–H and O–H groups in total. The van der Waals surface area contributed by atoms with Gasteiger partial charge in [-0.3, -0.25) is 4.79 Å². The summed E-state index contributed by atoms with van der Waals surface area (Å²) in [5, 5.41) is 1.04. The lowest BCUT2D eigenvalue weighted by molar-refractivity contribution is -0.135. The predicted octanol–water partition coefficient (Wildman–Crippen LogP) is 5.17. The van der Waals surface area contributed by atoms with Crippen molar-refractivity contribution in [1.82, 2.24) is 19.4 Å². The van der Waals surface area contributed by atoms with Crippen molar-refractivity contribution in [2.45, 2.75) is 26.7 Å². The number of piperidine rings is 1. The van der Waals surface area contributed by atoms with Gasteiger partial charge in [0.2, 0.25) is 5.91 Å². The van der Waals surface area contributed by atoms with E-state index in [0.717, 1.165) is 66.1 Å². The second-order valence-corrected chi connectivity index (χ2v) is 8.81. The first-order valence-corrected chi connectivity index (χ1v) is 12.2. The maximum atomic E-state index is 13.1. The summed E-state index contributed by atoms with van der Waals surface area (Å²) in [5.41, 5.74) is 4.18. The topological polar surface area (TPSA) is 54.3 Å². The third-order valence-electron chi connectivity index (χ3n) is 6.83. The highest BCUT2D eigenvalue weighted by atomic mass is 16.2. The van der Waals surface area contributed by atoms with Gasteiger partial charge in [-0.2, -0.15) is 0 Å². The molecule has 0 saturated carbocycles. The molecule has 3 heterocycles. The van der Waals surface area contributed by atoms with Gasteiger partial charge in [-0.25, -0.2) is 9.97 Å². The van der Waals surface area contributed by atoms with Gasteiger partial charge < -0.3 is 14.4 Å². The molecule has 6 heteroatoms. The Labute approximate surface area is 200 Å². The molecule has 1 fully saturated rings. The minimum absolute atomic E-state index is 0.00458. The van der Waals surface area contributed by atoms with Gasteiger partial charge in [0.25, 0.3) is 0 Å². The van der Waals surface area contributed by atoms with Gasteiger partial charge in [0.15, 0.2) is 5.65 Å². The van der Waals surface area contributed by atoms with E-state index in [-0.39, 0.29) is 11.8 Å². The molecular weight excluding hydrogens is 422 g/mol. The zero-order valence-corrected chi connectivity index (χ0v) is 19.9. The summed E-state index contributed by atoms with van der Waals surface area (Å²) < 4.78 is 2.14. The smallest absolute Gasteiger partial charge is 0.227 e. The van der Waals surface area contributed by atoms with Gasteiger partial charge >= 0.3 is 0 Å². The van der Waals surface area contributed by atoms with Gasteiger partial charge in [-0.05, 0) is 44.4 Å². The first-order chi connectivity index (χ1) is 16.7. The van der Waals surface area contributed by atoms with Crippen LogP contribution in [0.5, 0.6) is 0 Å². The molecule has 2 aromatic carbocycles. The molecule has 1 aliphatic heterocycles. The van der Waals surface area contributed by atoms with Crippen molar-refractivity contribution in [3.63, 3.8) is 0 Å². The van der Waals surface area contributed by atoms with E-state index in [1.165, 1.54) is 0 Å². The molecule has 1 aliphatic rings. The molecule has 1 atom stereocenters. The van der Waals surface area contributed by atoms with Crippen LogP contribution in [0.25, 0.3) is 27.8 Å². The molecule has 34 heavy (non-hydrogen) atoms. The van der Waals surface area contributed by atoms with Crippen molar-refractivity contribution in [2.75, 3.05) is 31.1 Å². The Kier molecular flexibility index (Phi) is 6.30. The first-order valence-electron chi connectivity index (χ1n) is 12.2. The zero-order chi connectivity index (χ0) is 23.5. The van der Waals surface area contributed by atoms with E-state index in [2.05, 4.69) is 52.1 Å². The van der Waals surface area contributed by atoms with Gasteiger partial charge in [0, 0.05) is 43.6 Å². The Morgan fingerprint density at radius 3 is 2.41 bits per heavy atom. The molecule has 6 nitrogen and oxygen atoms in total. The number of hydrogen-bond donors (Lipinski definition) is 0. The molecule has 4 aromatic rings. The number of anilines is 1. The van der Waals surface area contributed by atoms with Crippen LogP contribution >= 0.6 is 0 Å². The van der Waals surface area contributed by atoms with Gasteiger partial charge in [0.05, 0.1) is 11.3 Å². The van der Waals surface area contributed by atoms with E-state index in [0.29, 0.717) is 6.54 Å². The van der Waals surface area contributed by atoms with Crippen LogP contribution in [-0.4, -0.2) is 51.5 Å². The summed E-state index contributed by atoms with van der Waals surface area (Å²) in [7, 11) is 0. The zero-order valence-electron chi connectivity index (χ0n) is 19.9. The van der Waals surface area contributed by atoms with Crippen LogP contribution in [-0.2, 0) is 4.79 Å². The van der Waals surface area contributed by atoms with Gasteiger partial charge in [-0.1, -0.05) is 48.5 Å². The normalized spacial score (nSPS) is 16.1. The summed E-state index contributed by atoms with van der Waals surface area (Å²) in [5.74, 6) is 1.16. The average Bonchev–Trinajstić information content (AvgIpc) is 3.30. The fraction of sp³-hybridized carbons (Fsp3) is 0.321. The highest BCUT2D eigenvalue weighted by Gasteiger charge is 2.30. The molecule has 5 rings (SSSR count). The largest absolute Gasteiger partial charge is 0.355 e. The molecule has 0 aliphatic carbocycles. The Bertz CT molecular complexity index is 1260. The predicted molar refractivity (Wildman–Crippen MR) is 137 cm³/mol. The second kappa shape index (κ2) is 9.67. The number of carbonyl (C=O) groups excluding carboxylic acids is 1. The third kappa shape index (κ3) is 4.04. The van der Waals surface area contributed by atoms with E-state index in [4.69, 9.17) is 9.97 Å². The molecule has 2 aromatic heterocycles. The summed E-state index contributed by atoms with van der Waals surface area (Å²) in [6.45, 7) is 7.18. The number of para-hydroxylation sites is 1. The molecule has 1 saturated heterocycles. The number of rotatable bonds is 6. The van der Waals surface area contributed by atoms with Crippen molar-refractivity contribution >= 4 is 22.8 Å². The van der Waals surface area contributed by atoms with Gasteiger partial charge in [0.1, 0.15) is 12.1 Å². The van der Waals surface area contributed by atoms with Crippen LogP contribution in [0, 0.1) is 5.92 Å². The molecule has 174 valence electrons. The lowest BCUT2D eigenvalue weighted by Crippen LogP contribution is -2.45. The molecule has 0 radical (unpaired) electrons. The number of fused-ring (bicyclic) bond motifs is 1. The standard InChI is InChI=1S/C28H31N5O/c1-3-31(4-2)28(34)22-14-11-17-32(18-22)26-25-24(21-12-7-5-8-13-21)19-33(27(25)30-20-29-26)23-15-9-6-10-16-23/h5-10,12-13,15-16,19-20,22H,3-4,11,14,17-18H2,1-2H3/t22-/m1/s1. The Morgan fingerprint density at radius 2 is 1.71 bits per heavy atom. The fourth-order valence-corrected chi connectivity index (χ4v) is 5.07. The SMILES string of the molecule is CCN(CC)C(=O)[C@@H]1CCCN(c2ncnc3c2c(-c2ccccc2)cn3-c2ccccc2)C1. The highest BCUT2D eigenvalue weighted by Crippen LogP contribution is 2.38. The Hall–Kier alpha value is -3.67. The van der Waals surface area contributed by atoms with Crippen LogP contribution < -0.4 is 4.90 Å². The average molecular weight is 454 g/mol. The van der Waals surface area contributed by atoms with E-state index in [1.54, 1.807) is 6.33 Å². The number of nitrogens with zero attached hydrogens (tertiary/aromatic N) is 5. The maximum Gasteiger partial charge on any atom is 0.227 e. The minimum Gasteiger partial charge on any atom is -0.355 e. The highest BCUT2D eigenvalue weighted by molar-refractivity contribution is 6.02. The summed E-state index contributed by atoms with van der Waals surface area (Å²) >= 11 is 0. The van der Waals surface area contributed by atoms with Crippen molar-refractivity contribution in [2.24, 2.45) is 5.92 Å². The molecule has 0 bridgehead atoms. The number of hydrogen-bond acceptors (Lipinski definition) is 4. The number of carbonyl (C=O) groups is 1. The fourth-order valence-electron chi connectivity index (χ4n) is 5.07. The number of amides is 1. The van der Waals surface area contributed by atoms with Crippen LogP contribution in [0.4, 0.5) is 5.82 Å². The number of aromatic nitrogens is 3. The summed E-state index contributed by atoms with van der Waals surface area (Å²) in [6.07, 6.45) is 5.72. The van der Waals surface area contributed by atoms with E-state index in [9.17, 15) is 4.79 Å². The van der Waals surface area contributed by atoms with E-state index in [1.807, 2.05) is 43.0 Å². The third-order valence-corrected chi connectivity index (χ3v) is 6.83. The minimum atomic E-state index is -0.00458. The summed E-state index contributed by atoms with van der Waals surface area (Å²) in [6, 6.07) is 20.7. The quantitative estimate of drug-likeness (QED) is 0.404. The van der Waals surface area contributed by atoms with Crippen LogP contribution in [0.2, 0.25) is 0 Å².